The van der Waals surface area contributed by atoms with Gasteiger partial charge in [0.25, 0.3) is 0 Å². The fourth-order valence-electron chi connectivity index (χ4n) is 2.80. The van der Waals surface area contributed by atoms with Crippen LogP contribution in [0.5, 0.6) is 0 Å². The number of nitrogens with zero attached hydrogens (tertiary/aromatic N) is 1. The smallest absolute Gasteiger partial charge is 0.246 e. The Kier molecular flexibility index (Phi) is 11.2. The van der Waals surface area contributed by atoms with Crippen molar-refractivity contribution in [3.63, 3.8) is 0 Å². The summed E-state index contributed by atoms with van der Waals surface area (Å²) in [6.45, 7) is 3.98. The predicted octanol–water partition coefficient (Wildman–Crippen LogP) is 2.31. The standard InChI is InChI=1S/C17H26N4O2.2ClH/c1-2-6-15(20-16(22)12-18)17(23)19-13-7-5-8-14(11-13)21-9-3-4-10-21;;/h5,7-8,11,15H,2-4,6,9-10,12,18H2,1H3,(H,19,23)(H,20,22);2*1H. The van der Waals surface area contributed by atoms with Crippen LogP contribution in [-0.2, 0) is 9.59 Å². The molecular formula is C17H28Cl2N4O2. The van der Waals surface area contributed by atoms with E-state index in [-0.39, 0.29) is 43.2 Å². The summed E-state index contributed by atoms with van der Waals surface area (Å²) in [6.07, 6.45) is 3.81. The number of hydrogen-bond acceptors (Lipinski definition) is 4. The number of anilines is 2. The lowest BCUT2D eigenvalue weighted by atomic mass is 10.1. The zero-order valence-corrected chi connectivity index (χ0v) is 16.1. The lowest BCUT2D eigenvalue weighted by molar-refractivity contribution is -0.125. The Hall–Kier alpha value is -1.50. The van der Waals surface area contributed by atoms with E-state index in [1.54, 1.807) is 0 Å². The third kappa shape index (κ3) is 7.10. The Morgan fingerprint density at radius 3 is 2.52 bits per heavy atom. The van der Waals surface area contributed by atoms with Gasteiger partial charge in [-0.15, -0.1) is 24.8 Å². The van der Waals surface area contributed by atoms with Gasteiger partial charge in [0.15, 0.2) is 0 Å². The van der Waals surface area contributed by atoms with Gasteiger partial charge in [-0.05, 0) is 37.5 Å². The van der Waals surface area contributed by atoms with Crippen molar-refractivity contribution in [2.24, 2.45) is 5.73 Å². The Balaban J connectivity index is 0.00000288. The Morgan fingerprint density at radius 2 is 1.92 bits per heavy atom. The number of nitrogens with one attached hydrogen (secondary N) is 2. The number of carbonyl (C=O) groups is 2. The topological polar surface area (TPSA) is 87.5 Å². The first-order chi connectivity index (χ1) is 11.1. The van der Waals surface area contributed by atoms with Gasteiger partial charge in [-0.25, -0.2) is 0 Å². The molecule has 0 radical (unpaired) electrons. The highest BCUT2D eigenvalue weighted by Crippen LogP contribution is 2.23. The molecule has 0 aliphatic carbocycles. The van der Waals surface area contributed by atoms with Crippen LogP contribution in [0.3, 0.4) is 0 Å². The minimum Gasteiger partial charge on any atom is -0.371 e. The highest BCUT2D eigenvalue weighted by molar-refractivity contribution is 5.97. The van der Waals surface area contributed by atoms with Crippen molar-refractivity contribution in [1.29, 1.82) is 0 Å². The summed E-state index contributed by atoms with van der Waals surface area (Å²) in [6, 6.07) is 7.30. The Morgan fingerprint density at radius 1 is 1.24 bits per heavy atom. The van der Waals surface area contributed by atoms with E-state index < -0.39 is 6.04 Å². The molecule has 1 atom stereocenters. The molecule has 1 aliphatic rings. The summed E-state index contributed by atoms with van der Waals surface area (Å²) >= 11 is 0. The van der Waals surface area contributed by atoms with Crippen molar-refractivity contribution in [3.8, 4) is 0 Å². The molecule has 1 saturated heterocycles. The van der Waals surface area contributed by atoms with Gasteiger partial charge in [0.1, 0.15) is 6.04 Å². The zero-order chi connectivity index (χ0) is 16.7. The normalized spacial score (nSPS) is 14.1. The number of benzene rings is 1. The van der Waals surface area contributed by atoms with Crippen molar-refractivity contribution in [3.05, 3.63) is 24.3 Å². The maximum Gasteiger partial charge on any atom is 0.246 e. The summed E-state index contributed by atoms with van der Waals surface area (Å²) in [7, 11) is 0. The molecule has 1 unspecified atom stereocenters. The Bertz CT molecular complexity index is 551. The second-order valence-corrected chi connectivity index (χ2v) is 5.85. The quantitative estimate of drug-likeness (QED) is 0.666. The van der Waals surface area contributed by atoms with E-state index in [1.165, 1.54) is 12.8 Å². The molecule has 142 valence electrons. The molecule has 0 spiro atoms. The molecule has 1 aromatic carbocycles. The molecule has 1 fully saturated rings. The van der Waals surface area contributed by atoms with E-state index in [2.05, 4.69) is 21.6 Å². The van der Waals surface area contributed by atoms with Crippen molar-refractivity contribution in [1.82, 2.24) is 5.32 Å². The van der Waals surface area contributed by atoms with Crippen LogP contribution in [0.4, 0.5) is 11.4 Å². The zero-order valence-electron chi connectivity index (χ0n) is 14.5. The van der Waals surface area contributed by atoms with Gasteiger partial charge < -0.3 is 21.3 Å². The molecule has 0 bridgehead atoms. The van der Waals surface area contributed by atoms with Gasteiger partial charge in [-0.1, -0.05) is 19.4 Å². The van der Waals surface area contributed by atoms with Crippen LogP contribution < -0.4 is 21.3 Å². The van der Waals surface area contributed by atoms with E-state index in [4.69, 9.17) is 5.73 Å². The Labute approximate surface area is 161 Å². The second kappa shape index (κ2) is 12.0. The number of hydrogen-bond donors (Lipinski definition) is 3. The van der Waals surface area contributed by atoms with Gasteiger partial charge in [-0.3, -0.25) is 9.59 Å². The SMILES string of the molecule is CCCC(NC(=O)CN)C(=O)Nc1cccc(N2CCCC2)c1.Cl.Cl. The van der Waals surface area contributed by atoms with E-state index >= 15 is 0 Å². The maximum atomic E-state index is 12.4. The molecule has 1 aromatic rings. The summed E-state index contributed by atoms with van der Waals surface area (Å²) in [5, 5.41) is 5.57. The van der Waals surface area contributed by atoms with Gasteiger partial charge in [0.2, 0.25) is 11.8 Å². The van der Waals surface area contributed by atoms with Gasteiger partial charge in [0, 0.05) is 24.5 Å². The lowest BCUT2D eigenvalue weighted by Gasteiger charge is -2.20. The number of halogens is 2. The van der Waals surface area contributed by atoms with Crippen molar-refractivity contribution in [2.45, 2.75) is 38.6 Å². The monoisotopic (exact) mass is 390 g/mol. The van der Waals surface area contributed by atoms with E-state index in [1.807, 2.05) is 25.1 Å². The molecule has 2 rings (SSSR count). The van der Waals surface area contributed by atoms with Crippen molar-refractivity contribution >= 4 is 48.0 Å². The lowest BCUT2D eigenvalue weighted by Crippen LogP contribution is -2.45. The van der Waals surface area contributed by atoms with E-state index in [9.17, 15) is 9.59 Å². The highest BCUT2D eigenvalue weighted by Gasteiger charge is 2.20. The third-order valence-electron chi connectivity index (χ3n) is 4.00. The average Bonchev–Trinajstić information content (AvgIpc) is 3.09. The molecule has 0 saturated carbocycles. The fourth-order valence-corrected chi connectivity index (χ4v) is 2.80. The number of nitrogens with two attached hydrogens (primary N) is 1. The number of amides is 2. The summed E-state index contributed by atoms with van der Waals surface area (Å²) in [5.41, 5.74) is 7.19. The molecule has 25 heavy (non-hydrogen) atoms. The largest absolute Gasteiger partial charge is 0.371 e. The number of rotatable bonds is 7. The average molecular weight is 391 g/mol. The molecule has 6 nitrogen and oxygen atoms in total. The molecule has 1 heterocycles. The van der Waals surface area contributed by atoms with Crippen LogP contribution in [0.15, 0.2) is 24.3 Å². The minimum absolute atomic E-state index is 0. The van der Waals surface area contributed by atoms with Crippen LogP contribution in [0.25, 0.3) is 0 Å². The van der Waals surface area contributed by atoms with Crippen LogP contribution in [0.1, 0.15) is 32.6 Å². The summed E-state index contributed by atoms with van der Waals surface area (Å²) < 4.78 is 0. The van der Waals surface area contributed by atoms with Crippen LogP contribution >= 0.6 is 24.8 Å². The summed E-state index contributed by atoms with van der Waals surface area (Å²) in [5.74, 6) is -0.517. The molecule has 1 aliphatic heterocycles. The van der Waals surface area contributed by atoms with Gasteiger partial charge in [-0.2, -0.15) is 0 Å². The summed E-state index contributed by atoms with van der Waals surface area (Å²) in [4.78, 5) is 26.2. The van der Waals surface area contributed by atoms with Crippen molar-refractivity contribution in [2.75, 3.05) is 29.9 Å². The molecule has 8 heteroatoms. The van der Waals surface area contributed by atoms with Crippen LogP contribution in [0, 0.1) is 0 Å². The minimum atomic E-state index is -0.550. The fraction of sp³-hybridized carbons (Fsp3) is 0.529. The molecule has 0 aromatic heterocycles. The van der Waals surface area contributed by atoms with E-state index in [0.717, 1.165) is 30.9 Å². The van der Waals surface area contributed by atoms with Gasteiger partial charge >= 0.3 is 0 Å². The second-order valence-electron chi connectivity index (χ2n) is 5.85. The van der Waals surface area contributed by atoms with Gasteiger partial charge in [0.05, 0.1) is 6.54 Å². The first-order valence-electron chi connectivity index (χ1n) is 8.29. The van der Waals surface area contributed by atoms with Crippen molar-refractivity contribution < 1.29 is 9.59 Å². The maximum absolute atomic E-state index is 12.4. The van der Waals surface area contributed by atoms with Crippen LogP contribution in [-0.4, -0.2) is 37.5 Å². The number of carbonyl (C=O) groups excluding carboxylic acids is 2. The third-order valence-corrected chi connectivity index (χ3v) is 4.00. The molecular weight excluding hydrogens is 363 g/mol. The molecule has 4 N–H and O–H groups in total. The van der Waals surface area contributed by atoms with Crippen LogP contribution in [0.2, 0.25) is 0 Å². The van der Waals surface area contributed by atoms with E-state index in [0.29, 0.717) is 6.42 Å². The molecule has 2 amide bonds. The first-order valence-corrected chi connectivity index (χ1v) is 8.29. The first kappa shape index (κ1) is 23.5. The highest BCUT2D eigenvalue weighted by atomic mass is 35.5. The predicted molar refractivity (Wildman–Crippen MR) is 107 cm³/mol.